The standard InChI is InChI=1S/C17H18Cl2N2O2S/c1-17(20)5-7-21(8-6-17)13-9-15(23-14(13)10-22)24-16-11(18)3-2-4-12(16)19/h2-4,9-10H,5-8,20H2,1H3. The maximum Gasteiger partial charge on any atom is 0.191 e. The van der Waals surface area contributed by atoms with Crippen molar-refractivity contribution < 1.29 is 9.21 Å². The highest BCUT2D eigenvalue weighted by atomic mass is 35.5. The molecule has 4 nitrogen and oxygen atoms in total. The normalized spacial score (nSPS) is 17.1. The van der Waals surface area contributed by atoms with Gasteiger partial charge in [-0.15, -0.1) is 0 Å². The number of aldehydes is 1. The number of carbonyl (C=O) groups is 1. The lowest BCUT2D eigenvalue weighted by Gasteiger charge is -2.37. The van der Waals surface area contributed by atoms with E-state index in [1.165, 1.54) is 11.8 Å². The summed E-state index contributed by atoms with van der Waals surface area (Å²) in [6.07, 6.45) is 2.48. The Kier molecular flexibility index (Phi) is 5.16. The first kappa shape index (κ1) is 17.7. The van der Waals surface area contributed by atoms with E-state index in [2.05, 4.69) is 11.8 Å². The molecule has 0 unspecified atom stereocenters. The minimum Gasteiger partial charge on any atom is -0.444 e. The number of piperidine rings is 1. The minimum atomic E-state index is -0.149. The van der Waals surface area contributed by atoms with Crippen LogP contribution < -0.4 is 10.6 Å². The van der Waals surface area contributed by atoms with Gasteiger partial charge in [-0.1, -0.05) is 29.3 Å². The molecule has 0 spiro atoms. The molecule has 1 saturated heterocycles. The van der Waals surface area contributed by atoms with Crippen LogP contribution in [0.5, 0.6) is 0 Å². The van der Waals surface area contributed by atoms with Crippen molar-refractivity contribution in [3.63, 3.8) is 0 Å². The Morgan fingerprint density at radius 2 is 1.92 bits per heavy atom. The molecule has 2 heterocycles. The number of benzene rings is 1. The lowest BCUT2D eigenvalue weighted by molar-refractivity contribution is 0.109. The number of rotatable bonds is 4. The van der Waals surface area contributed by atoms with Crippen molar-refractivity contribution in [2.45, 2.75) is 35.3 Å². The molecule has 1 aromatic carbocycles. The van der Waals surface area contributed by atoms with Crippen molar-refractivity contribution in [2.75, 3.05) is 18.0 Å². The Balaban J connectivity index is 1.84. The predicted molar refractivity (Wildman–Crippen MR) is 98.7 cm³/mol. The molecule has 1 aromatic heterocycles. The molecule has 7 heteroatoms. The van der Waals surface area contributed by atoms with E-state index in [4.69, 9.17) is 33.4 Å². The summed E-state index contributed by atoms with van der Waals surface area (Å²) in [7, 11) is 0. The van der Waals surface area contributed by atoms with Crippen LogP contribution in [0.3, 0.4) is 0 Å². The second-order valence-electron chi connectivity index (χ2n) is 6.23. The molecule has 0 radical (unpaired) electrons. The van der Waals surface area contributed by atoms with Crippen LogP contribution in [-0.2, 0) is 0 Å². The molecule has 2 N–H and O–H groups in total. The largest absolute Gasteiger partial charge is 0.444 e. The Morgan fingerprint density at radius 1 is 1.29 bits per heavy atom. The van der Waals surface area contributed by atoms with E-state index < -0.39 is 0 Å². The molecule has 1 fully saturated rings. The van der Waals surface area contributed by atoms with Crippen LogP contribution in [-0.4, -0.2) is 24.9 Å². The van der Waals surface area contributed by atoms with Crippen molar-refractivity contribution in [2.24, 2.45) is 5.73 Å². The first-order valence-electron chi connectivity index (χ1n) is 7.64. The molecular weight excluding hydrogens is 367 g/mol. The quantitative estimate of drug-likeness (QED) is 0.761. The third-order valence-corrected chi connectivity index (χ3v) is 6.09. The second kappa shape index (κ2) is 7.00. The van der Waals surface area contributed by atoms with E-state index in [0.29, 0.717) is 25.8 Å². The van der Waals surface area contributed by atoms with E-state index in [1.807, 2.05) is 6.07 Å². The summed E-state index contributed by atoms with van der Waals surface area (Å²) in [5.74, 6) is 0.321. The topological polar surface area (TPSA) is 59.5 Å². The van der Waals surface area contributed by atoms with Crippen molar-refractivity contribution in [3.05, 3.63) is 40.1 Å². The zero-order chi connectivity index (χ0) is 17.3. The van der Waals surface area contributed by atoms with Gasteiger partial charge in [-0.05, 0) is 43.7 Å². The number of halogens is 2. The molecule has 1 aliphatic heterocycles. The van der Waals surface area contributed by atoms with E-state index in [9.17, 15) is 4.79 Å². The molecule has 0 aliphatic carbocycles. The zero-order valence-electron chi connectivity index (χ0n) is 13.2. The van der Waals surface area contributed by atoms with Gasteiger partial charge in [0.2, 0.25) is 0 Å². The van der Waals surface area contributed by atoms with Gasteiger partial charge >= 0.3 is 0 Å². The lowest BCUT2D eigenvalue weighted by Crippen LogP contribution is -2.48. The number of nitrogens with zero attached hydrogens (tertiary/aromatic N) is 1. The number of hydrogen-bond donors (Lipinski definition) is 1. The van der Waals surface area contributed by atoms with Crippen molar-refractivity contribution in [1.82, 2.24) is 0 Å². The van der Waals surface area contributed by atoms with Gasteiger partial charge in [0.1, 0.15) is 0 Å². The molecule has 0 amide bonds. The Hall–Kier alpha value is -1.14. The van der Waals surface area contributed by atoms with Crippen LogP contribution in [0, 0.1) is 0 Å². The molecule has 0 bridgehead atoms. The molecule has 0 atom stereocenters. The van der Waals surface area contributed by atoms with E-state index in [-0.39, 0.29) is 5.54 Å². The van der Waals surface area contributed by atoms with Gasteiger partial charge in [0.15, 0.2) is 17.1 Å². The molecular formula is C17H18Cl2N2O2S. The first-order valence-corrected chi connectivity index (χ1v) is 9.21. The van der Waals surface area contributed by atoms with Gasteiger partial charge < -0.3 is 15.1 Å². The van der Waals surface area contributed by atoms with Crippen LogP contribution in [0.15, 0.2) is 38.7 Å². The van der Waals surface area contributed by atoms with Gasteiger partial charge in [-0.3, -0.25) is 4.79 Å². The van der Waals surface area contributed by atoms with Crippen LogP contribution in [0.4, 0.5) is 5.69 Å². The fraction of sp³-hybridized carbons (Fsp3) is 0.353. The highest BCUT2D eigenvalue weighted by Gasteiger charge is 2.28. The molecule has 24 heavy (non-hydrogen) atoms. The van der Waals surface area contributed by atoms with Crippen molar-refractivity contribution >= 4 is 46.9 Å². The highest BCUT2D eigenvalue weighted by molar-refractivity contribution is 7.99. The fourth-order valence-corrected chi connectivity index (χ4v) is 4.16. The number of nitrogens with two attached hydrogens (primary N) is 1. The SMILES string of the molecule is CC1(N)CCN(c2cc(Sc3c(Cl)cccc3Cl)oc2C=O)CC1. The Morgan fingerprint density at radius 3 is 2.50 bits per heavy atom. The average molecular weight is 385 g/mol. The molecule has 128 valence electrons. The number of hydrogen-bond acceptors (Lipinski definition) is 5. The summed E-state index contributed by atoms with van der Waals surface area (Å²) in [6, 6.07) is 7.20. The number of anilines is 1. The average Bonchev–Trinajstić information content (AvgIpc) is 2.94. The predicted octanol–water partition coefficient (Wildman–Crippen LogP) is 4.87. The second-order valence-corrected chi connectivity index (χ2v) is 8.06. The zero-order valence-corrected chi connectivity index (χ0v) is 15.5. The van der Waals surface area contributed by atoms with Crippen LogP contribution in [0.1, 0.15) is 30.3 Å². The lowest BCUT2D eigenvalue weighted by atomic mass is 9.91. The van der Waals surface area contributed by atoms with E-state index in [1.54, 1.807) is 18.2 Å². The summed E-state index contributed by atoms with van der Waals surface area (Å²) in [4.78, 5) is 14.2. The van der Waals surface area contributed by atoms with Crippen LogP contribution >= 0.6 is 35.0 Å². The van der Waals surface area contributed by atoms with Gasteiger partial charge in [0.05, 0.1) is 20.6 Å². The van der Waals surface area contributed by atoms with Gasteiger partial charge in [0, 0.05) is 24.7 Å². The number of carbonyl (C=O) groups excluding carboxylic acids is 1. The van der Waals surface area contributed by atoms with Crippen molar-refractivity contribution in [3.8, 4) is 0 Å². The first-order chi connectivity index (χ1) is 11.4. The summed E-state index contributed by atoms with van der Waals surface area (Å²) >= 11 is 13.7. The Bertz CT molecular complexity index is 731. The summed E-state index contributed by atoms with van der Waals surface area (Å²) < 4.78 is 5.69. The van der Waals surface area contributed by atoms with Gasteiger partial charge in [0.25, 0.3) is 0 Å². The highest BCUT2D eigenvalue weighted by Crippen LogP contribution is 2.41. The molecule has 1 aliphatic rings. The summed E-state index contributed by atoms with van der Waals surface area (Å²) in [5, 5.41) is 1.69. The van der Waals surface area contributed by atoms with Gasteiger partial charge in [-0.25, -0.2) is 0 Å². The third kappa shape index (κ3) is 3.75. The number of furan rings is 1. The molecule has 2 aromatic rings. The van der Waals surface area contributed by atoms with Crippen LogP contribution in [0.25, 0.3) is 0 Å². The molecule has 0 saturated carbocycles. The smallest absolute Gasteiger partial charge is 0.191 e. The maximum absolute atomic E-state index is 11.4. The van der Waals surface area contributed by atoms with E-state index in [0.717, 1.165) is 37.9 Å². The van der Waals surface area contributed by atoms with Crippen LogP contribution in [0.2, 0.25) is 10.0 Å². The monoisotopic (exact) mass is 384 g/mol. The van der Waals surface area contributed by atoms with Gasteiger partial charge in [-0.2, -0.15) is 0 Å². The maximum atomic E-state index is 11.4. The summed E-state index contributed by atoms with van der Waals surface area (Å²) in [6.45, 7) is 3.65. The summed E-state index contributed by atoms with van der Waals surface area (Å²) in [5.41, 5.74) is 6.83. The fourth-order valence-electron chi connectivity index (χ4n) is 2.69. The molecule has 3 rings (SSSR count). The Labute approximate surface area is 155 Å². The van der Waals surface area contributed by atoms with Crippen molar-refractivity contribution in [1.29, 1.82) is 0 Å². The minimum absolute atomic E-state index is 0.149. The third-order valence-electron chi connectivity index (χ3n) is 4.19. The van der Waals surface area contributed by atoms with E-state index >= 15 is 0 Å².